The highest BCUT2D eigenvalue weighted by atomic mass is 35.5. The first-order chi connectivity index (χ1) is 14.7. The van der Waals surface area contributed by atoms with Crippen LogP contribution in [0.4, 0.5) is 5.69 Å². The van der Waals surface area contributed by atoms with Crippen LogP contribution < -0.4 is 0 Å². The number of Topliss-reactive ketones (excluding diaryl/α,β-unsaturated/α-hetero) is 1. The summed E-state index contributed by atoms with van der Waals surface area (Å²) in [5, 5.41) is 12.7. The van der Waals surface area contributed by atoms with E-state index >= 15 is 0 Å². The second kappa shape index (κ2) is 9.23. The number of amides is 3. The minimum atomic E-state index is -0.819. The van der Waals surface area contributed by atoms with Gasteiger partial charge in [-0.1, -0.05) is 35.3 Å². The van der Waals surface area contributed by atoms with E-state index in [2.05, 4.69) is 0 Å². The van der Waals surface area contributed by atoms with E-state index in [1.54, 1.807) is 0 Å². The number of rotatable bonds is 6. The summed E-state index contributed by atoms with van der Waals surface area (Å²) in [7, 11) is 0. The summed E-state index contributed by atoms with van der Waals surface area (Å²) in [6, 6.07) is 8.93. The van der Waals surface area contributed by atoms with Crippen LogP contribution in [0.15, 0.2) is 42.5 Å². The third-order valence-corrected chi connectivity index (χ3v) is 5.31. The van der Waals surface area contributed by atoms with E-state index in [1.807, 2.05) is 0 Å². The monoisotopic (exact) mass is 463 g/mol. The summed E-state index contributed by atoms with van der Waals surface area (Å²) in [4.78, 5) is 61.2. The lowest BCUT2D eigenvalue weighted by Crippen LogP contribution is -2.56. The molecule has 0 unspecified atom stereocenters. The van der Waals surface area contributed by atoms with Gasteiger partial charge in [0.15, 0.2) is 5.78 Å². The van der Waals surface area contributed by atoms with Gasteiger partial charge >= 0.3 is 0 Å². The number of non-ortho nitro benzene ring substituents is 1. The maximum atomic E-state index is 13.2. The van der Waals surface area contributed by atoms with Crippen LogP contribution in [0, 0.1) is 10.1 Å². The lowest BCUT2D eigenvalue weighted by molar-refractivity contribution is -0.384. The van der Waals surface area contributed by atoms with Gasteiger partial charge in [0.2, 0.25) is 11.8 Å². The van der Waals surface area contributed by atoms with Gasteiger partial charge in [0.05, 0.1) is 15.0 Å². The van der Waals surface area contributed by atoms with E-state index in [-0.39, 0.29) is 39.7 Å². The number of benzene rings is 2. The topological polar surface area (TPSA) is 118 Å². The van der Waals surface area contributed by atoms with Crippen molar-refractivity contribution in [3.05, 3.63) is 73.8 Å². The van der Waals surface area contributed by atoms with Crippen molar-refractivity contribution in [1.82, 2.24) is 10.0 Å². The maximum Gasteiger partial charge on any atom is 0.273 e. The molecule has 1 saturated heterocycles. The Labute approximate surface area is 186 Å². The van der Waals surface area contributed by atoms with E-state index in [0.717, 1.165) is 11.1 Å². The van der Waals surface area contributed by atoms with E-state index in [9.17, 15) is 29.3 Å². The highest BCUT2D eigenvalue weighted by molar-refractivity contribution is 6.42. The maximum absolute atomic E-state index is 13.2. The molecular weight excluding hydrogens is 449 g/mol. The number of nitrogens with zero attached hydrogens (tertiary/aromatic N) is 3. The Morgan fingerprint density at radius 2 is 1.68 bits per heavy atom. The molecule has 0 aliphatic carbocycles. The number of hydrogen-bond acceptors (Lipinski definition) is 6. The molecule has 0 atom stereocenters. The summed E-state index contributed by atoms with van der Waals surface area (Å²) in [5.41, 5.74) is -0.344. The highest BCUT2D eigenvalue weighted by Crippen LogP contribution is 2.25. The van der Waals surface area contributed by atoms with Crippen LogP contribution in [0.25, 0.3) is 0 Å². The Kier molecular flexibility index (Phi) is 6.67. The number of hydrazine groups is 1. The molecule has 1 fully saturated rings. The van der Waals surface area contributed by atoms with Crippen molar-refractivity contribution in [2.24, 2.45) is 0 Å². The van der Waals surface area contributed by atoms with Crippen molar-refractivity contribution >= 4 is 52.4 Å². The minimum absolute atomic E-state index is 0.00687. The lowest BCUT2D eigenvalue weighted by atomic mass is 10.1. The molecule has 0 spiro atoms. The molecule has 31 heavy (non-hydrogen) atoms. The van der Waals surface area contributed by atoms with Crippen molar-refractivity contribution < 1.29 is 24.1 Å². The van der Waals surface area contributed by atoms with Gasteiger partial charge in [-0.3, -0.25) is 29.3 Å². The fourth-order valence-corrected chi connectivity index (χ4v) is 3.34. The van der Waals surface area contributed by atoms with Gasteiger partial charge in [0.1, 0.15) is 6.54 Å². The molecule has 2 aromatic rings. The fourth-order valence-electron chi connectivity index (χ4n) is 3.04. The number of hydrogen-bond donors (Lipinski definition) is 0. The first-order valence-electron chi connectivity index (χ1n) is 9.09. The summed E-state index contributed by atoms with van der Waals surface area (Å²) in [5.74, 6) is -2.77. The molecule has 3 rings (SSSR count). The van der Waals surface area contributed by atoms with Gasteiger partial charge in [-0.25, -0.2) is 5.01 Å². The zero-order chi connectivity index (χ0) is 22.7. The third-order valence-electron chi connectivity index (χ3n) is 4.57. The molecule has 1 aliphatic heterocycles. The second-order valence-corrected chi connectivity index (χ2v) is 7.49. The molecule has 1 heterocycles. The predicted molar refractivity (Wildman–Crippen MR) is 111 cm³/mol. The van der Waals surface area contributed by atoms with Crippen LogP contribution in [0.1, 0.15) is 40.0 Å². The largest absolute Gasteiger partial charge is 0.292 e. The van der Waals surface area contributed by atoms with Crippen molar-refractivity contribution in [3.8, 4) is 0 Å². The van der Waals surface area contributed by atoms with Gasteiger partial charge in [0, 0.05) is 36.1 Å². The van der Waals surface area contributed by atoms with Gasteiger partial charge < -0.3 is 0 Å². The van der Waals surface area contributed by atoms with E-state index in [1.165, 1.54) is 36.4 Å². The molecule has 0 saturated carbocycles. The molecule has 9 nitrogen and oxygen atoms in total. The van der Waals surface area contributed by atoms with Crippen molar-refractivity contribution in [2.45, 2.75) is 19.3 Å². The number of ketones is 1. The number of nitro groups is 1. The summed E-state index contributed by atoms with van der Waals surface area (Å²) in [6.07, 6.45) is 0.394. The number of nitro benzene ring substituents is 1. The van der Waals surface area contributed by atoms with Crippen LogP contribution in [0.2, 0.25) is 10.0 Å². The average molecular weight is 464 g/mol. The van der Waals surface area contributed by atoms with Gasteiger partial charge in [-0.05, 0) is 24.6 Å². The molecule has 160 valence electrons. The molecule has 1 aliphatic rings. The molecule has 11 heteroatoms. The van der Waals surface area contributed by atoms with E-state index in [0.29, 0.717) is 11.4 Å². The molecular formula is C20H15Cl2N3O6. The Morgan fingerprint density at radius 3 is 2.29 bits per heavy atom. The van der Waals surface area contributed by atoms with Gasteiger partial charge in [0.25, 0.3) is 11.6 Å². The number of carbonyl (C=O) groups is 4. The second-order valence-electron chi connectivity index (χ2n) is 6.68. The molecule has 3 amide bonds. The quantitative estimate of drug-likeness (QED) is 0.279. The Morgan fingerprint density at radius 1 is 1.00 bits per heavy atom. The molecule has 0 aromatic heterocycles. The van der Waals surface area contributed by atoms with Gasteiger partial charge in [-0.15, -0.1) is 0 Å². The Bertz CT molecular complexity index is 1090. The van der Waals surface area contributed by atoms with Crippen molar-refractivity contribution in [1.29, 1.82) is 0 Å². The zero-order valence-electron chi connectivity index (χ0n) is 15.9. The third kappa shape index (κ3) is 4.89. The predicted octanol–water partition coefficient (Wildman–Crippen LogP) is 3.68. The van der Waals surface area contributed by atoms with Crippen LogP contribution in [0.5, 0.6) is 0 Å². The zero-order valence-corrected chi connectivity index (χ0v) is 17.4. The normalized spacial score (nSPS) is 13.8. The van der Waals surface area contributed by atoms with Crippen molar-refractivity contribution in [3.63, 3.8) is 0 Å². The van der Waals surface area contributed by atoms with Gasteiger partial charge in [-0.2, -0.15) is 5.01 Å². The SMILES string of the molecule is O=C(CN(C(=O)c1ccc(Cl)c(Cl)c1)N1C(=O)CCCC1=O)c1cccc([N+](=O)[O-])c1. The summed E-state index contributed by atoms with van der Waals surface area (Å²) < 4.78 is 0. The highest BCUT2D eigenvalue weighted by Gasteiger charge is 2.36. The number of imide groups is 1. The molecule has 0 N–H and O–H groups in total. The standard InChI is InChI=1S/C20H15Cl2N3O6/c21-15-8-7-13(10-16(15)22)20(29)23(24-18(27)5-2-6-19(24)28)11-17(26)12-3-1-4-14(9-12)25(30)31/h1,3-4,7-10H,2,5-6,11H2. The van der Waals surface area contributed by atoms with Crippen LogP contribution in [0.3, 0.4) is 0 Å². The fraction of sp³-hybridized carbons (Fsp3) is 0.200. The van der Waals surface area contributed by atoms with E-state index in [4.69, 9.17) is 23.2 Å². The Hall–Kier alpha value is -3.30. The first kappa shape index (κ1) is 22.4. The first-order valence-corrected chi connectivity index (χ1v) is 9.85. The Balaban J connectivity index is 1.98. The van der Waals surface area contributed by atoms with Crippen LogP contribution >= 0.6 is 23.2 Å². The summed E-state index contributed by atoms with van der Waals surface area (Å²) in [6.45, 7) is -0.683. The van der Waals surface area contributed by atoms with E-state index < -0.39 is 35.0 Å². The average Bonchev–Trinajstić information content (AvgIpc) is 2.74. The number of piperidine rings is 1. The smallest absolute Gasteiger partial charge is 0.273 e. The molecule has 0 radical (unpaired) electrons. The molecule has 2 aromatic carbocycles. The minimum Gasteiger partial charge on any atom is -0.292 e. The lowest BCUT2D eigenvalue weighted by Gasteiger charge is -2.35. The van der Waals surface area contributed by atoms with Crippen molar-refractivity contribution in [2.75, 3.05) is 6.54 Å². The molecule has 0 bridgehead atoms. The van der Waals surface area contributed by atoms with Crippen LogP contribution in [-0.2, 0) is 9.59 Å². The number of halogens is 2. The van der Waals surface area contributed by atoms with Crippen LogP contribution in [-0.4, -0.2) is 45.0 Å². The summed E-state index contributed by atoms with van der Waals surface area (Å²) >= 11 is 11.9. The number of carbonyl (C=O) groups excluding carboxylic acids is 4.